The molecule has 1 aromatic rings. The molecule has 16 heavy (non-hydrogen) atoms. The molecule has 90 valence electrons. The highest BCUT2D eigenvalue weighted by Gasteiger charge is 2.21. The predicted octanol–water partition coefficient (Wildman–Crippen LogP) is 2.36. The van der Waals surface area contributed by atoms with Gasteiger partial charge in [-0.1, -0.05) is 25.4 Å². The van der Waals surface area contributed by atoms with Gasteiger partial charge in [-0.25, -0.2) is 18.4 Å². The van der Waals surface area contributed by atoms with Crippen molar-refractivity contribution in [2.24, 2.45) is 0 Å². The van der Waals surface area contributed by atoms with Crippen LogP contribution in [0.5, 0.6) is 0 Å². The second-order valence-corrected chi connectivity index (χ2v) is 6.85. The van der Waals surface area contributed by atoms with E-state index in [0.29, 0.717) is 0 Å². The van der Waals surface area contributed by atoms with Crippen molar-refractivity contribution in [2.45, 2.75) is 31.9 Å². The zero-order valence-electron chi connectivity index (χ0n) is 9.73. The van der Waals surface area contributed by atoms with Gasteiger partial charge in [0.2, 0.25) is 0 Å². The molecule has 0 aromatic carbocycles. The Hall–Kier alpha value is -0.680. The van der Waals surface area contributed by atoms with E-state index in [2.05, 4.69) is 9.97 Å². The summed E-state index contributed by atoms with van der Waals surface area (Å²) >= 11 is 5.84. The minimum atomic E-state index is -3.20. The predicted molar refractivity (Wildman–Crippen MR) is 64.4 cm³/mol. The second kappa shape index (κ2) is 4.67. The summed E-state index contributed by atoms with van der Waals surface area (Å²) in [4.78, 5) is 8.18. The fourth-order valence-electron chi connectivity index (χ4n) is 1.12. The molecule has 0 bridgehead atoms. The molecule has 0 aliphatic rings. The van der Waals surface area contributed by atoms with Crippen LogP contribution in [0.25, 0.3) is 0 Å². The maximum Gasteiger partial charge on any atom is 0.157 e. The van der Waals surface area contributed by atoms with Crippen molar-refractivity contribution < 1.29 is 8.42 Å². The first-order chi connectivity index (χ1) is 7.21. The van der Waals surface area contributed by atoms with Crippen molar-refractivity contribution in [2.75, 3.05) is 6.26 Å². The molecule has 1 atom stereocenters. The molecule has 0 saturated heterocycles. The summed E-state index contributed by atoms with van der Waals surface area (Å²) in [7, 11) is -3.20. The van der Waals surface area contributed by atoms with Gasteiger partial charge in [0.25, 0.3) is 0 Å². The minimum absolute atomic E-state index is 0.186. The Balaban J connectivity index is 3.25. The largest absolute Gasteiger partial charge is 0.236 e. The number of sulfone groups is 1. The highest BCUT2D eigenvalue weighted by Crippen LogP contribution is 2.22. The fourth-order valence-corrected chi connectivity index (χ4v) is 1.81. The van der Waals surface area contributed by atoms with E-state index in [9.17, 15) is 8.42 Å². The number of nitrogens with zero attached hydrogens (tertiary/aromatic N) is 2. The summed E-state index contributed by atoms with van der Waals surface area (Å²) in [5.74, 6) is 0.449. The lowest BCUT2D eigenvalue weighted by atomic mass is 10.1. The van der Waals surface area contributed by atoms with E-state index in [4.69, 9.17) is 11.6 Å². The first-order valence-corrected chi connectivity index (χ1v) is 7.28. The first-order valence-electron chi connectivity index (χ1n) is 4.95. The number of hydrogen-bond donors (Lipinski definition) is 0. The highest BCUT2D eigenvalue weighted by atomic mass is 35.5. The zero-order chi connectivity index (χ0) is 12.5. The second-order valence-electron chi connectivity index (χ2n) is 4.10. The van der Waals surface area contributed by atoms with Gasteiger partial charge in [-0.2, -0.15) is 0 Å². The molecule has 6 heteroatoms. The molecule has 0 amide bonds. The lowest BCUT2D eigenvalue weighted by Gasteiger charge is -2.11. The van der Waals surface area contributed by atoms with E-state index >= 15 is 0 Å². The minimum Gasteiger partial charge on any atom is -0.236 e. The molecule has 1 unspecified atom stereocenters. The van der Waals surface area contributed by atoms with Crippen molar-refractivity contribution in [3.05, 3.63) is 22.7 Å². The van der Waals surface area contributed by atoms with E-state index in [1.807, 2.05) is 13.8 Å². The topological polar surface area (TPSA) is 59.9 Å². The SMILES string of the molecule is CC(C)c1cc(Cl)nc(C(C)S(C)(=O)=O)n1. The van der Waals surface area contributed by atoms with Crippen LogP contribution in [-0.4, -0.2) is 24.6 Å². The van der Waals surface area contributed by atoms with E-state index in [0.717, 1.165) is 11.9 Å². The molecule has 0 saturated carbocycles. The Morgan fingerprint density at radius 3 is 2.25 bits per heavy atom. The standard InChI is InChI=1S/C10H15ClN2O2S/c1-6(2)8-5-9(11)13-10(12-8)7(3)16(4,14)15/h5-7H,1-4H3. The van der Waals surface area contributed by atoms with Crippen LogP contribution >= 0.6 is 11.6 Å². The molecular weight excluding hydrogens is 248 g/mol. The fraction of sp³-hybridized carbons (Fsp3) is 0.600. The van der Waals surface area contributed by atoms with Gasteiger partial charge in [0.1, 0.15) is 16.2 Å². The average molecular weight is 263 g/mol. The molecule has 4 nitrogen and oxygen atoms in total. The van der Waals surface area contributed by atoms with Crippen molar-refractivity contribution in [3.63, 3.8) is 0 Å². The van der Waals surface area contributed by atoms with Crippen molar-refractivity contribution >= 4 is 21.4 Å². The Morgan fingerprint density at radius 2 is 1.81 bits per heavy atom. The lowest BCUT2D eigenvalue weighted by molar-refractivity contribution is 0.588. The third kappa shape index (κ3) is 3.15. The van der Waals surface area contributed by atoms with Crippen LogP contribution in [0.1, 0.15) is 43.5 Å². The number of halogens is 1. The molecular formula is C10H15ClN2O2S. The van der Waals surface area contributed by atoms with Crippen LogP contribution in [0.4, 0.5) is 0 Å². The highest BCUT2D eigenvalue weighted by molar-refractivity contribution is 7.90. The zero-order valence-corrected chi connectivity index (χ0v) is 11.3. The van der Waals surface area contributed by atoms with Crippen LogP contribution in [0.3, 0.4) is 0 Å². The van der Waals surface area contributed by atoms with E-state index in [-0.39, 0.29) is 16.9 Å². The summed E-state index contributed by atoms with van der Waals surface area (Å²) in [5, 5.41) is -0.451. The van der Waals surface area contributed by atoms with Gasteiger partial charge in [0.05, 0.1) is 0 Å². The van der Waals surface area contributed by atoms with Crippen molar-refractivity contribution in [3.8, 4) is 0 Å². The van der Waals surface area contributed by atoms with Gasteiger partial charge < -0.3 is 0 Å². The Labute approximate surface area is 101 Å². The van der Waals surface area contributed by atoms with Gasteiger partial charge in [0.15, 0.2) is 9.84 Å². The maximum absolute atomic E-state index is 11.4. The molecule has 1 rings (SSSR count). The molecule has 0 aliphatic heterocycles. The number of aromatic nitrogens is 2. The van der Waals surface area contributed by atoms with Gasteiger partial charge >= 0.3 is 0 Å². The van der Waals surface area contributed by atoms with Gasteiger partial charge in [0, 0.05) is 11.9 Å². The quantitative estimate of drug-likeness (QED) is 0.785. The summed E-state index contributed by atoms with van der Waals surface area (Å²) in [6, 6.07) is 1.66. The molecule has 1 aromatic heterocycles. The first kappa shape index (κ1) is 13.4. The Morgan fingerprint density at radius 1 is 1.25 bits per heavy atom. The van der Waals surface area contributed by atoms with Gasteiger partial charge in [-0.15, -0.1) is 0 Å². The Kier molecular flexibility index (Phi) is 3.91. The normalized spacial score (nSPS) is 14.1. The number of rotatable bonds is 3. The Bertz CT molecular complexity index is 486. The van der Waals surface area contributed by atoms with Crippen LogP contribution in [0.15, 0.2) is 6.07 Å². The third-order valence-electron chi connectivity index (χ3n) is 2.33. The summed E-state index contributed by atoms with van der Waals surface area (Å²) in [5.41, 5.74) is 0.755. The van der Waals surface area contributed by atoms with Crippen molar-refractivity contribution in [1.29, 1.82) is 0 Å². The van der Waals surface area contributed by atoms with Crippen LogP contribution in [0.2, 0.25) is 5.15 Å². The van der Waals surface area contributed by atoms with Crippen LogP contribution in [-0.2, 0) is 9.84 Å². The molecule has 0 aliphatic carbocycles. The third-order valence-corrected chi connectivity index (χ3v) is 4.02. The van der Waals surface area contributed by atoms with Crippen LogP contribution in [0, 0.1) is 0 Å². The molecule has 0 radical (unpaired) electrons. The molecule has 1 heterocycles. The summed E-state index contributed by atoms with van der Waals surface area (Å²) in [6.45, 7) is 5.49. The van der Waals surface area contributed by atoms with E-state index in [1.54, 1.807) is 13.0 Å². The molecule has 0 fully saturated rings. The van der Waals surface area contributed by atoms with E-state index in [1.165, 1.54) is 0 Å². The average Bonchev–Trinajstić information content (AvgIpc) is 2.14. The van der Waals surface area contributed by atoms with Gasteiger partial charge in [-0.05, 0) is 18.9 Å². The van der Waals surface area contributed by atoms with Crippen LogP contribution < -0.4 is 0 Å². The summed E-state index contributed by atoms with van der Waals surface area (Å²) in [6.07, 6.45) is 1.16. The van der Waals surface area contributed by atoms with Crippen molar-refractivity contribution in [1.82, 2.24) is 9.97 Å². The van der Waals surface area contributed by atoms with Gasteiger partial charge in [-0.3, -0.25) is 0 Å². The molecule has 0 N–H and O–H groups in total. The number of hydrogen-bond acceptors (Lipinski definition) is 4. The summed E-state index contributed by atoms with van der Waals surface area (Å²) < 4.78 is 22.8. The maximum atomic E-state index is 11.4. The molecule has 0 spiro atoms. The smallest absolute Gasteiger partial charge is 0.157 e. The van der Waals surface area contributed by atoms with E-state index < -0.39 is 15.1 Å². The lowest BCUT2D eigenvalue weighted by Crippen LogP contribution is -2.13. The monoisotopic (exact) mass is 262 g/mol.